The van der Waals surface area contributed by atoms with Crippen LogP contribution in [0.2, 0.25) is 0 Å². The second-order valence-corrected chi connectivity index (χ2v) is 11.3. The Morgan fingerprint density at radius 3 is 2.56 bits per heavy atom. The highest BCUT2D eigenvalue weighted by Gasteiger charge is 2.44. The van der Waals surface area contributed by atoms with Crippen molar-refractivity contribution in [3.63, 3.8) is 0 Å². The van der Waals surface area contributed by atoms with Crippen LogP contribution in [0.4, 0.5) is 0 Å². The number of piperidine rings is 1. The van der Waals surface area contributed by atoms with Gasteiger partial charge in [-0.1, -0.05) is 0 Å². The van der Waals surface area contributed by atoms with Gasteiger partial charge in [0.1, 0.15) is 17.1 Å². The highest BCUT2D eigenvalue weighted by Crippen LogP contribution is 2.43. The fourth-order valence-electron chi connectivity index (χ4n) is 6.07. The third-order valence-electron chi connectivity index (χ3n) is 8.31. The highest BCUT2D eigenvalue weighted by atomic mass is 16.5. The van der Waals surface area contributed by atoms with Crippen LogP contribution in [0.5, 0.6) is 11.5 Å². The van der Waals surface area contributed by atoms with Crippen LogP contribution in [0.25, 0.3) is 10.9 Å². The molecule has 41 heavy (non-hydrogen) atoms. The monoisotopic (exact) mass is 558 g/mol. The van der Waals surface area contributed by atoms with Crippen LogP contribution in [0.3, 0.4) is 0 Å². The number of amides is 3. The van der Waals surface area contributed by atoms with E-state index in [0.717, 1.165) is 35.1 Å². The fourth-order valence-corrected chi connectivity index (χ4v) is 6.07. The summed E-state index contributed by atoms with van der Waals surface area (Å²) in [5, 5.41) is 3.49. The third-order valence-corrected chi connectivity index (χ3v) is 8.31. The zero-order chi connectivity index (χ0) is 28.9. The molecule has 10 heteroatoms. The fraction of sp³-hybridized carbons (Fsp3) is 0.419. The Labute approximate surface area is 237 Å². The molecule has 3 heterocycles. The number of aryl methyl sites for hydroxylation is 1. The number of nitrogens with zero attached hydrogens (tertiary/aromatic N) is 2. The number of nitrogens with one attached hydrogen (secondary N) is 1. The molecule has 3 N–H and O–H groups in total. The van der Waals surface area contributed by atoms with Crippen molar-refractivity contribution in [3.05, 3.63) is 58.8 Å². The average Bonchev–Trinajstić information content (AvgIpc) is 3.74. The van der Waals surface area contributed by atoms with Gasteiger partial charge in [-0.2, -0.15) is 0 Å². The Morgan fingerprint density at radius 2 is 1.88 bits per heavy atom. The van der Waals surface area contributed by atoms with Gasteiger partial charge >= 0.3 is 0 Å². The first-order chi connectivity index (χ1) is 19.7. The molecule has 214 valence electrons. The SMILES string of the molecule is CCOc1cc(C(=O)N2CCC3(CC2)CC(=O)c2cc(C(=O)NCC(N)=O)ccc2O3)cc2c1c(C)cn2C1CC1. The summed E-state index contributed by atoms with van der Waals surface area (Å²) in [4.78, 5) is 52.0. The van der Waals surface area contributed by atoms with Crippen molar-refractivity contribution in [1.82, 2.24) is 14.8 Å². The zero-order valence-electron chi connectivity index (χ0n) is 23.3. The molecule has 2 aromatic carbocycles. The average molecular weight is 559 g/mol. The van der Waals surface area contributed by atoms with Gasteiger partial charge in [-0.15, -0.1) is 0 Å². The predicted molar refractivity (Wildman–Crippen MR) is 152 cm³/mol. The Balaban J connectivity index is 1.18. The maximum atomic E-state index is 13.7. The van der Waals surface area contributed by atoms with E-state index >= 15 is 0 Å². The molecule has 0 unspecified atom stereocenters. The lowest BCUT2D eigenvalue weighted by molar-refractivity contribution is -0.117. The summed E-state index contributed by atoms with van der Waals surface area (Å²) < 4.78 is 14.6. The summed E-state index contributed by atoms with van der Waals surface area (Å²) in [5.74, 6) is -0.149. The van der Waals surface area contributed by atoms with Crippen molar-refractivity contribution < 1.29 is 28.7 Å². The first-order valence-corrected chi connectivity index (χ1v) is 14.2. The van der Waals surface area contributed by atoms with Gasteiger partial charge in [0.2, 0.25) is 5.91 Å². The van der Waals surface area contributed by atoms with E-state index in [9.17, 15) is 19.2 Å². The number of ketones is 1. The summed E-state index contributed by atoms with van der Waals surface area (Å²) in [6, 6.07) is 8.99. The molecule has 2 aliphatic heterocycles. The minimum Gasteiger partial charge on any atom is -0.493 e. The lowest BCUT2D eigenvalue weighted by Gasteiger charge is -2.44. The minimum absolute atomic E-state index is 0.0574. The van der Waals surface area contributed by atoms with E-state index in [1.54, 1.807) is 12.1 Å². The van der Waals surface area contributed by atoms with Gasteiger partial charge in [-0.3, -0.25) is 19.2 Å². The molecular formula is C31H34N4O6. The van der Waals surface area contributed by atoms with Crippen LogP contribution in [-0.2, 0) is 4.79 Å². The van der Waals surface area contributed by atoms with Crippen molar-refractivity contribution in [2.75, 3.05) is 26.2 Å². The topological polar surface area (TPSA) is 133 Å². The summed E-state index contributed by atoms with van der Waals surface area (Å²) in [5.41, 5.74) is 7.77. The largest absolute Gasteiger partial charge is 0.493 e. The van der Waals surface area contributed by atoms with Gasteiger partial charge in [-0.25, -0.2) is 0 Å². The van der Waals surface area contributed by atoms with Gasteiger partial charge in [0.15, 0.2) is 5.78 Å². The molecule has 1 saturated carbocycles. The van der Waals surface area contributed by atoms with E-state index in [4.69, 9.17) is 15.2 Å². The minimum atomic E-state index is -0.700. The van der Waals surface area contributed by atoms with Gasteiger partial charge in [-0.05, 0) is 62.6 Å². The summed E-state index contributed by atoms with van der Waals surface area (Å²) in [7, 11) is 0. The zero-order valence-corrected chi connectivity index (χ0v) is 23.3. The molecule has 1 aliphatic carbocycles. The van der Waals surface area contributed by atoms with Crippen molar-refractivity contribution in [1.29, 1.82) is 0 Å². The molecular weight excluding hydrogens is 524 g/mol. The number of carbonyl (C=O) groups excluding carboxylic acids is 4. The van der Waals surface area contributed by atoms with Crippen LogP contribution in [-0.4, -0.2) is 64.8 Å². The van der Waals surface area contributed by atoms with Gasteiger partial charge in [0.25, 0.3) is 11.8 Å². The molecule has 3 aliphatic rings. The van der Waals surface area contributed by atoms with E-state index in [0.29, 0.717) is 55.5 Å². The van der Waals surface area contributed by atoms with Crippen molar-refractivity contribution in [2.45, 2.75) is 57.6 Å². The lowest BCUT2D eigenvalue weighted by Crippen LogP contribution is -2.52. The number of nitrogens with two attached hydrogens (primary N) is 1. The number of aromatic nitrogens is 1. The number of Topliss-reactive ketones (excluding diaryl/α,β-unsaturated/α-hetero) is 1. The molecule has 6 rings (SSSR count). The second kappa shape index (κ2) is 10.2. The van der Waals surface area contributed by atoms with Crippen LogP contribution < -0.4 is 20.5 Å². The summed E-state index contributed by atoms with van der Waals surface area (Å²) >= 11 is 0. The number of ether oxygens (including phenoxy) is 2. The highest BCUT2D eigenvalue weighted by molar-refractivity contribution is 6.04. The number of hydrogen-bond acceptors (Lipinski definition) is 6. The van der Waals surface area contributed by atoms with E-state index < -0.39 is 17.4 Å². The smallest absolute Gasteiger partial charge is 0.254 e. The molecule has 1 saturated heterocycles. The summed E-state index contributed by atoms with van der Waals surface area (Å²) in [6.45, 7) is 5.17. The first-order valence-electron chi connectivity index (χ1n) is 14.2. The number of carbonyl (C=O) groups is 4. The number of hydrogen-bond donors (Lipinski definition) is 2. The van der Waals surface area contributed by atoms with Crippen LogP contribution in [0.1, 0.15) is 81.7 Å². The van der Waals surface area contributed by atoms with E-state index in [1.807, 2.05) is 24.0 Å². The third kappa shape index (κ3) is 5.03. The Morgan fingerprint density at radius 1 is 1.12 bits per heavy atom. The molecule has 3 amide bonds. The molecule has 0 atom stereocenters. The molecule has 1 spiro atoms. The number of primary amides is 1. The van der Waals surface area contributed by atoms with Gasteiger partial charge in [0.05, 0.1) is 30.7 Å². The van der Waals surface area contributed by atoms with Crippen molar-refractivity contribution in [2.24, 2.45) is 5.73 Å². The first kappa shape index (κ1) is 26.9. The molecule has 2 fully saturated rings. The van der Waals surface area contributed by atoms with Crippen LogP contribution >= 0.6 is 0 Å². The van der Waals surface area contributed by atoms with Crippen molar-refractivity contribution in [3.8, 4) is 11.5 Å². The number of likely N-dealkylation sites (tertiary alicyclic amines) is 1. The van der Waals surface area contributed by atoms with E-state index in [1.165, 1.54) is 6.07 Å². The van der Waals surface area contributed by atoms with E-state index in [2.05, 4.69) is 23.0 Å². The Hall–Kier alpha value is -4.34. The molecule has 3 aromatic rings. The Kier molecular flexibility index (Phi) is 6.71. The molecule has 0 radical (unpaired) electrons. The maximum absolute atomic E-state index is 13.7. The normalized spacial score (nSPS) is 17.7. The van der Waals surface area contributed by atoms with Crippen molar-refractivity contribution >= 4 is 34.4 Å². The molecule has 1 aromatic heterocycles. The van der Waals surface area contributed by atoms with Gasteiger partial charge < -0.3 is 30.0 Å². The maximum Gasteiger partial charge on any atom is 0.254 e. The lowest BCUT2D eigenvalue weighted by atomic mass is 9.82. The predicted octanol–water partition coefficient (Wildman–Crippen LogP) is 3.54. The Bertz CT molecular complexity index is 1580. The second-order valence-electron chi connectivity index (χ2n) is 11.3. The molecule has 10 nitrogen and oxygen atoms in total. The number of fused-ring (bicyclic) bond motifs is 2. The van der Waals surface area contributed by atoms with Crippen LogP contribution in [0, 0.1) is 6.92 Å². The van der Waals surface area contributed by atoms with Gasteiger partial charge in [0, 0.05) is 54.7 Å². The van der Waals surface area contributed by atoms with E-state index in [-0.39, 0.29) is 30.2 Å². The molecule has 0 bridgehead atoms. The quantitative estimate of drug-likeness (QED) is 0.456. The number of rotatable bonds is 7. The standard InChI is InChI=1S/C31H34N4O6/c1-3-40-26-14-20(13-23-28(26)18(2)17-35(23)21-5-6-21)30(39)34-10-8-31(9-11-34)15-24(36)22-12-19(4-7-25(22)41-31)29(38)33-16-27(32)37/h4,7,12-14,17,21H,3,5-6,8-11,15-16H2,1-2H3,(H2,32,37)(H,33,38). The summed E-state index contributed by atoms with van der Waals surface area (Å²) in [6.07, 6.45) is 5.65. The number of benzene rings is 2. The van der Waals surface area contributed by atoms with Crippen LogP contribution in [0.15, 0.2) is 36.5 Å².